The molecule has 0 aliphatic carbocycles. The lowest BCUT2D eigenvalue weighted by molar-refractivity contribution is 0.0433. The van der Waals surface area contributed by atoms with Gasteiger partial charge in [-0.25, -0.2) is 0 Å². The molecule has 96 valence electrons. The van der Waals surface area contributed by atoms with Gasteiger partial charge in [-0.15, -0.1) is 0 Å². The molecule has 0 bridgehead atoms. The molecule has 1 N–H and O–H groups in total. The van der Waals surface area contributed by atoms with Crippen molar-refractivity contribution < 1.29 is 0 Å². The Bertz CT molecular complexity index is 219. The van der Waals surface area contributed by atoms with E-state index in [1.165, 1.54) is 25.9 Å². The van der Waals surface area contributed by atoms with E-state index in [0.717, 1.165) is 6.54 Å². The second-order valence-corrected chi connectivity index (χ2v) is 6.89. The van der Waals surface area contributed by atoms with Crippen molar-refractivity contribution in [3.63, 3.8) is 0 Å². The van der Waals surface area contributed by atoms with Crippen LogP contribution >= 0.6 is 0 Å². The first kappa shape index (κ1) is 14.0. The van der Waals surface area contributed by atoms with Crippen LogP contribution < -0.4 is 5.32 Å². The zero-order valence-electron chi connectivity index (χ0n) is 12.1. The maximum absolute atomic E-state index is 3.61. The van der Waals surface area contributed by atoms with Crippen LogP contribution in [-0.2, 0) is 0 Å². The summed E-state index contributed by atoms with van der Waals surface area (Å²) in [7, 11) is 0. The van der Waals surface area contributed by atoms with E-state index in [1.54, 1.807) is 0 Å². The highest BCUT2D eigenvalue weighted by Crippen LogP contribution is 2.26. The van der Waals surface area contributed by atoms with Gasteiger partial charge in [0.2, 0.25) is 0 Å². The fourth-order valence-electron chi connectivity index (χ4n) is 2.30. The zero-order chi connectivity index (χ0) is 12.4. The fourth-order valence-corrected chi connectivity index (χ4v) is 2.30. The SMILES string of the molecule is CCC1(C)CNC(C)CN1CCC(C)(C)C. The molecule has 2 atom stereocenters. The third-order valence-corrected chi connectivity index (χ3v) is 3.98. The first-order valence-corrected chi connectivity index (χ1v) is 6.75. The molecule has 1 fully saturated rings. The highest BCUT2D eigenvalue weighted by atomic mass is 15.3. The van der Waals surface area contributed by atoms with Gasteiger partial charge in [0, 0.05) is 24.7 Å². The van der Waals surface area contributed by atoms with Crippen molar-refractivity contribution in [2.24, 2.45) is 5.41 Å². The molecule has 1 saturated heterocycles. The Morgan fingerprint density at radius 3 is 2.50 bits per heavy atom. The smallest absolute Gasteiger partial charge is 0.0303 e. The maximum atomic E-state index is 3.61. The average molecular weight is 226 g/mol. The number of rotatable bonds is 3. The third kappa shape index (κ3) is 3.74. The number of piperazine rings is 1. The van der Waals surface area contributed by atoms with E-state index in [1.807, 2.05) is 0 Å². The van der Waals surface area contributed by atoms with Crippen LogP contribution in [0.5, 0.6) is 0 Å². The number of hydrogen-bond donors (Lipinski definition) is 1. The molecule has 0 amide bonds. The lowest BCUT2D eigenvalue weighted by atomic mass is 9.88. The zero-order valence-corrected chi connectivity index (χ0v) is 12.1. The van der Waals surface area contributed by atoms with Gasteiger partial charge in [-0.3, -0.25) is 4.90 Å². The van der Waals surface area contributed by atoms with Gasteiger partial charge >= 0.3 is 0 Å². The van der Waals surface area contributed by atoms with Crippen LogP contribution in [0.1, 0.15) is 54.4 Å². The lowest BCUT2D eigenvalue weighted by Gasteiger charge is -2.48. The summed E-state index contributed by atoms with van der Waals surface area (Å²) >= 11 is 0. The molecule has 0 aromatic carbocycles. The average Bonchev–Trinajstić information content (AvgIpc) is 2.18. The van der Waals surface area contributed by atoms with E-state index >= 15 is 0 Å². The van der Waals surface area contributed by atoms with Crippen molar-refractivity contribution in [3.05, 3.63) is 0 Å². The van der Waals surface area contributed by atoms with Crippen LogP contribution in [0.15, 0.2) is 0 Å². The van der Waals surface area contributed by atoms with E-state index < -0.39 is 0 Å². The predicted octanol–water partition coefficient (Wildman–Crippen LogP) is 2.89. The molecule has 1 heterocycles. The van der Waals surface area contributed by atoms with Gasteiger partial charge in [0.15, 0.2) is 0 Å². The molecular formula is C14H30N2. The Kier molecular flexibility index (Phi) is 4.42. The minimum absolute atomic E-state index is 0.359. The van der Waals surface area contributed by atoms with Crippen molar-refractivity contribution in [2.45, 2.75) is 66.0 Å². The molecule has 16 heavy (non-hydrogen) atoms. The van der Waals surface area contributed by atoms with Gasteiger partial charge < -0.3 is 5.32 Å². The van der Waals surface area contributed by atoms with Crippen LogP contribution in [-0.4, -0.2) is 36.1 Å². The fraction of sp³-hybridized carbons (Fsp3) is 1.00. The minimum atomic E-state index is 0.359. The van der Waals surface area contributed by atoms with Crippen molar-refractivity contribution in [1.82, 2.24) is 10.2 Å². The largest absolute Gasteiger partial charge is 0.311 e. The predicted molar refractivity (Wildman–Crippen MR) is 71.8 cm³/mol. The summed E-state index contributed by atoms with van der Waals surface area (Å²) in [6.45, 7) is 17.6. The molecule has 0 aromatic rings. The number of nitrogens with one attached hydrogen (secondary N) is 1. The molecule has 1 aliphatic heterocycles. The second kappa shape index (κ2) is 5.05. The van der Waals surface area contributed by atoms with E-state index in [9.17, 15) is 0 Å². The van der Waals surface area contributed by atoms with Gasteiger partial charge in [-0.05, 0) is 38.6 Å². The monoisotopic (exact) mass is 226 g/mol. The number of hydrogen-bond acceptors (Lipinski definition) is 2. The number of nitrogens with zero attached hydrogens (tertiary/aromatic N) is 1. The van der Waals surface area contributed by atoms with Crippen LogP contribution in [0.4, 0.5) is 0 Å². The van der Waals surface area contributed by atoms with Gasteiger partial charge in [0.1, 0.15) is 0 Å². The third-order valence-electron chi connectivity index (χ3n) is 3.98. The summed E-state index contributed by atoms with van der Waals surface area (Å²) < 4.78 is 0. The summed E-state index contributed by atoms with van der Waals surface area (Å²) in [4.78, 5) is 2.69. The maximum Gasteiger partial charge on any atom is 0.0303 e. The highest BCUT2D eigenvalue weighted by Gasteiger charge is 2.35. The molecule has 2 unspecified atom stereocenters. The molecule has 1 aliphatic rings. The molecule has 2 heteroatoms. The molecule has 0 spiro atoms. The van der Waals surface area contributed by atoms with Gasteiger partial charge in [-0.1, -0.05) is 27.7 Å². The topological polar surface area (TPSA) is 15.3 Å². The normalized spacial score (nSPS) is 33.0. The minimum Gasteiger partial charge on any atom is -0.311 e. The standard InChI is InChI=1S/C14H30N2/c1-7-14(6)11-15-12(2)10-16(14)9-8-13(3,4)5/h12,15H,7-11H2,1-6H3. The van der Waals surface area contributed by atoms with Crippen LogP contribution in [0.3, 0.4) is 0 Å². The molecule has 1 rings (SSSR count). The van der Waals surface area contributed by atoms with Gasteiger partial charge in [-0.2, -0.15) is 0 Å². The second-order valence-electron chi connectivity index (χ2n) is 6.89. The Hall–Kier alpha value is -0.0800. The molecule has 0 saturated carbocycles. The quantitative estimate of drug-likeness (QED) is 0.796. The van der Waals surface area contributed by atoms with Crippen molar-refractivity contribution in [1.29, 1.82) is 0 Å². The van der Waals surface area contributed by atoms with Crippen molar-refractivity contribution >= 4 is 0 Å². The van der Waals surface area contributed by atoms with Crippen molar-refractivity contribution in [3.8, 4) is 0 Å². The Morgan fingerprint density at radius 2 is 2.00 bits per heavy atom. The summed E-state index contributed by atoms with van der Waals surface area (Å²) in [5.41, 5.74) is 0.806. The van der Waals surface area contributed by atoms with E-state index in [0.29, 0.717) is 17.0 Å². The lowest BCUT2D eigenvalue weighted by Crippen LogP contribution is -2.62. The van der Waals surface area contributed by atoms with Crippen LogP contribution in [0.25, 0.3) is 0 Å². The first-order chi connectivity index (χ1) is 7.27. The summed E-state index contributed by atoms with van der Waals surface area (Å²) in [5.74, 6) is 0. The summed E-state index contributed by atoms with van der Waals surface area (Å²) in [6, 6.07) is 0.639. The van der Waals surface area contributed by atoms with E-state index in [4.69, 9.17) is 0 Å². The Balaban J connectivity index is 2.58. The first-order valence-electron chi connectivity index (χ1n) is 6.75. The van der Waals surface area contributed by atoms with E-state index in [2.05, 4.69) is 51.8 Å². The van der Waals surface area contributed by atoms with Gasteiger partial charge in [0.05, 0.1) is 0 Å². The van der Waals surface area contributed by atoms with E-state index in [-0.39, 0.29) is 0 Å². The summed E-state index contributed by atoms with van der Waals surface area (Å²) in [5, 5.41) is 3.61. The van der Waals surface area contributed by atoms with Crippen LogP contribution in [0.2, 0.25) is 0 Å². The molecule has 2 nitrogen and oxygen atoms in total. The molecule has 0 radical (unpaired) electrons. The molecule has 0 aromatic heterocycles. The molecular weight excluding hydrogens is 196 g/mol. The summed E-state index contributed by atoms with van der Waals surface area (Å²) in [6.07, 6.45) is 2.52. The Morgan fingerprint density at radius 1 is 1.38 bits per heavy atom. The van der Waals surface area contributed by atoms with Crippen molar-refractivity contribution in [2.75, 3.05) is 19.6 Å². The Labute approximate surface area is 102 Å². The van der Waals surface area contributed by atoms with Crippen LogP contribution in [0, 0.1) is 5.41 Å². The highest BCUT2D eigenvalue weighted by molar-refractivity contribution is 4.94. The van der Waals surface area contributed by atoms with Gasteiger partial charge in [0.25, 0.3) is 0 Å².